The second-order valence-corrected chi connectivity index (χ2v) is 9.52. The number of fused-ring (bicyclic) bond motifs is 1. The van der Waals surface area contributed by atoms with E-state index in [1.165, 1.54) is 10.8 Å². The number of aryl methyl sites for hydroxylation is 1. The van der Waals surface area contributed by atoms with Crippen molar-refractivity contribution in [2.75, 3.05) is 6.54 Å². The van der Waals surface area contributed by atoms with Crippen LogP contribution in [0.15, 0.2) is 71.2 Å². The fourth-order valence-corrected chi connectivity index (χ4v) is 4.21. The Kier molecular flexibility index (Phi) is 8.46. The normalized spacial score (nSPS) is 12.0. The minimum atomic E-state index is -0.548. The zero-order valence-corrected chi connectivity index (χ0v) is 20.6. The average molecular weight is 495 g/mol. The quantitative estimate of drug-likeness (QED) is 0.413. The Morgan fingerprint density at radius 2 is 1.69 bits per heavy atom. The van der Waals surface area contributed by atoms with E-state index in [0.29, 0.717) is 31.8 Å². The van der Waals surface area contributed by atoms with Crippen LogP contribution in [0.2, 0.25) is 0 Å². The molecule has 2 amide bonds. The SMILES string of the molecule is CC(C)CNC(=O)[C@@H](C)N(Cc1cccc(Br)c1)C(=O)CCc1cccc2ccccc12. The number of carbonyl (C=O) groups excluding carboxylic acids is 2. The van der Waals surface area contributed by atoms with Gasteiger partial charge in [0.15, 0.2) is 0 Å². The number of carbonyl (C=O) groups is 2. The molecule has 0 heterocycles. The number of hydrogen-bond acceptors (Lipinski definition) is 2. The number of amides is 2. The molecule has 0 saturated carbocycles. The van der Waals surface area contributed by atoms with Crippen molar-refractivity contribution in [2.24, 2.45) is 5.92 Å². The fourth-order valence-electron chi connectivity index (χ4n) is 3.76. The topological polar surface area (TPSA) is 49.4 Å². The maximum atomic E-state index is 13.4. The molecule has 0 fully saturated rings. The monoisotopic (exact) mass is 494 g/mol. The number of benzene rings is 3. The van der Waals surface area contributed by atoms with Gasteiger partial charge in [0, 0.05) is 24.0 Å². The molecule has 3 rings (SSSR count). The summed E-state index contributed by atoms with van der Waals surface area (Å²) in [5, 5.41) is 5.31. The zero-order chi connectivity index (χ0) is 23.1. The van der Waals surface area contributed by atoms with Gasteiger partial charge in [-0.15, -0.1) is 0 Å². The summed E-state index contributed by atoms with van der Waals surface area (Å²) in [7, 11) is 0. The molecule has 0 spiro atoms. The summed E-state index contributed by atoms with van der Waals surface area (Å²) in [4.78, 5) is 27.8. The molecule has 3 aromatic carbocycles. The largest absolute Gasteiger partial charge is 0.354 e. The molecule has 0 aliphatic heterocycles. The number of hydrogen-bond donors (Lipinski definition) is 1. The Balaban J connectivity index is 1.77. The minimum absolute atomic E-state index is 0.0230. The number of rotatable bonds is 9. The van der Waals surface area contributed by atoms with E-state index in [1.807, 2.05) is 49.4 Å². The van der Waals surface area contributed by atoms with Crippen LogP contribution in [-0.2, 0) is 22.6 Å². The van der Waals surface area contributed by atoms with Gasteiger partial charge < -0.3 is 10.2 Å². The highest BCUT2D eigenvalue weighted by Crippen LogP contribution is 2.21. The highest BCUT2D eigenvalue weighted by atomic mass is 79.9. The average Bonchev–Trinajstić information content (AvgIpc) is 2.79. The van der Waals surface area contributed by atoms with E-state index in [1.54, 1.807) is 4.90 Å². The predicted molar refractivity (Wildman–Crippen MR) is 134 cm³/mol. The van der Waals surface area contributed by atoms with Crippen LogP contribution in [0.4, 0.5) is 0 Å². The van der Waals surface area contributed by atoms with E-state index in [4.69, 9.17) is 0 Å². The lowest BCUT2D eigenvalue weighted by Crippen LogP contribution is -2.48. The maximum absolute atomic E-state index is 13.4. The van der Waals surface area contributed by atoms with Gasteiger partial charge in [-0.2, -0.15) is 0 Å². The lowest BCUT2D eigenvalue weighted by Gasteiger charge is -2.29. The third kappa shape index (κ3) is 6.42. The van der Waals surface area contributed by atoms with Crippen molar-refractivity contribution >= 4 is 38.5 Å². The smallest absolute Gasteiger partial charge is 0.242 e. The van der Waals surface area contributed by atoms with Crippen molar-refractivity contribution in [3.8, 4) is 0 Å². The molecule has 0 aromatic heterocycles. The molecule has 168 valence electrons. The van der Waals surface area contributed by atoms with Crippen molar-refractivity contribution in [3.63, 3.8) is 0 Å². The van der Waals surface area contributed by atoms with Crippen LogP contribution in [0.25, 0.3) is 10.8 Å². The summed E-state index contributed by atoms with van der Waals surface area (Å²) in [5.74, 6) is 0.212. The third-order valence-electron chi connectivity index (χ3n) is 5.58. The Morgan fingerprint density at radius 3 is 2.44 bits per heavy atom. The first-order valence-electron chi connectivity index (χ1n) is 11.1. The van der Waals surface area contributed by atoms with Crippen molar-refractivity contribution in [1.29, 1.82) is 0 Å². The van der Waals surface area contributed by atoms with E-state index < -0.39 is 6.04 Å². The van der Waals surface area contributed by atoms with Gasteiger partial charge in [-0.3, -0.25) is 9.59 Å². The lowest BCUT2D eigenvalue weighted by molar-refractivity contribution is -0.140. The standard InChI is InChI=1S/C27H31BrN2O2/c1-19(2)17-29-27(32)20(3)30(18-21-8-6-12-24(28)16-21)26(31)15-14-23-11-7-10-22-9-4-5-13-25(22)23/h4-13,16,19-20H,14-15,17-18H2,1-3H3,(H,29,32)/t20-/m1/s1. The highest BCUT2D eigenvalue weighted by molar-refractivity contribution is 9.10. The van der Waals surface area contributed by atoms with Crippen molar-refractivity contribution < 1.29 is 9.59 Å². The minimum Gasteiger partial charge on any atom is -0.354 e. The summed E-state index contributed by atoms with van der Waals surface area (Å²) in [6.45, 7) is 6.91. The molecule has 32 heavy (non-hydrogen) atoms. The molecular formula is C27H31BrN2O2. The van der Waals surface area contributed by atoms with Crippen LogP contribution in [0.1, 0.15) is 38.3 Å². The molecule has 1 N–H and O–H groups in total. The first kappa shape index (κ1) is 24.0. The molecule has 0 radical (unpaired) electrons. The van der Waals surface area contributed by atoms with E-state index in [2.05, 4.69) is 59.4 Å². The second kappa shape index (κ2) is 11.3. The van der Waals surface area contributed by atoms with E-state index >= 15 is 0 Å². The zero-order valence-electron chi connectivity index (χ0n) is 19.0. The molecule has 0 aliphatic carbocycles. The van der Waals surface area contributed by atoms with Gasteiger partial charge in [-0.05, 0) is 53.3 Å². The van der Waals surface area contributed by atoms with Gasteiger partial charge in [-0.1, -0.05) is 84.4 Å². The van der Waals surface area contributed by atoms with E-state index in [0.717, 1.165) is 15.6 Å². The maximum Gasteiger partial charge on any atom is 0.242 e. The molecular weight excluding hydrogens is 464 g/mol. The Labute approximate surface area is 199 Å². The number of nitrogens with one attached hydrogen (secondary N) is 1. The van der Waals surface area contributed by atoms with E-state index in [-0.39, 0.29) is 11.8 Å². The van der Waals surface area contributed by atoms with Crippen molar-refractivity contribution in [3.05, 3.63) is 82.3 Å². The number of halogens is 1. The highest BCUT2D eigenvalue weighted by Gasteiger charge is 2.26. The van der Waals surface area contributed by atoms with Gasteiger partial charge in [0.2, 0.25) is 11.8 Å². The lowest BCUT2D eigenvalue weighted by atomic mass is 10.0. The summed E-state index contributed by atoms with van der Waals surface area (Å²) in [5.41, 5.74) is 2.14. The van der Waals surface area contributed by atoms with Crippen LogP contribution in [-0.4, -0.2) is 29.3 Å². The van der Waals surface area contributed by atoms with Crippen LogP contribution < -0.4 is 5.32 Å². The van der Waals surface area contributed by atoms with Crippen LogP contribution >= 0.6 is 15.9 Å². The summed E-state index contributed by atoms with van der Waals surface area (Å²) in [6, 6.07) is 21.7. The van der Waals surface area contributed by atoms with Gasteiger partial charge in [0.05, 0.1) is 0 Å². The van der Waals surface area contributed by atoms with Gasteiger partial charge in [-0.25, -0.2) is 0 Å². The van der Waals surface area contributed by atoms with Crippen LogP contribution in [0.5, 0.6) is 0 Å². The van der Waals surface area contributed by atoms with Gasteiger partial charge >= 0.3 is 0 Å². The van der Waals surface area contributed by atoms with Crippen LogP contribution in [0.3, 0.4) is 0 Å². The van der Waals surface area contributed by atoms with Gasteiger partial charge in [0.1, 0.15) is 6.04 Å². The summed E-state index contributed by atoms with van der Waals surface area (Å²) < 4.78 is 0.954. The summed E-state index contributed by atoms with van der Waals surface area (Å²) >= 11 is 3.50. The van der Waals surface area contributed by atoms with Crippen molar-refractivity contribution in [1.82, 2.24) is 10.2 Å². The molecule has 4 nitrogen and oxygen atoms in total. The molecule has 1 atom stereocenters. The molecule has 0 saturated heterocycles. The Bertz CT molecular complexity index is 1070. The molecule has 0 unspecified atom stereocenters. The van der Waals surface area contributed by atoms with Crippen LogP contribution in [0, 0.1) is 5.92 Å². The summed E-state index contributed by atoms with van der Waals surface area (Å²) in [6.07, 6.45) is 0.985. The van der Waals surface area contributed by atoms with Crippen molar-refractivity contribution in [2.45, 2.75) is 46.2 Å². The fraction of sp³-hybridized carbons (Fsp3) is 0.333. The second-order valence-electron chi connectivity index (χ2n) is 8.60. The molecule has 0 aliphatic rings. The Morgan fingerprint density at radius 1 is 0.969 bits per heavy atom. The van der Waals surface area contributed by atoms with E-state index in [9.17, 15) is 9.59 Å². The Hall–Kier alpha value is -2.66. The van der Waals surface area contributed by atoms with Gasteiger partial charge in [0.25, 0.3) is 0 Å². The third-order valence-corrected chi connectivity index (χ3v) is 6.08. The molecule has 0 bridgehead atoms. The molecule has 5 heteroatoms. The first-order chi connectivity index (χ1) is 15.3. The first-order valence-corrected chi connectivity index (χ1v) is 11.9. The molecule has 3 aromatic rings. The number of nitrogens with zero attached hydrogens (tertiary/aromatic N) is 1. The predicted octanol–water partition coefficient (Wildman–Crippen LogP) is 5.72.